The number of ether oxygens (including phenoxy) is 1. The average Bonchev–Trinajstić information content (AvgIpc) is 3.09. The summed E-state index contributed by atoms with van der Waals surface area (Å²) in [5, 5.41) is 11.4. The molecule has 0 bridgehead atoms. The van der Waals surface area contributed by atoms with Crippen molar-refractivity contribution >= 4 is 11.8 Å². The number of esters is 1. The van der Waals surface area contributed by atoms with E-state index < -0.39 is 5.97 Å². The van der Waals surface area contributed by atoms with Crippen molar-refractivity contribution in [2.24, 2.45) is 0 Å². The Balaban J connectivity index is 1.67. The van der Waals surface area contributed by atoms with E-state index in [0.717, 1.165) is 11.4 Å². The third-order valence-corrected chi connectivity index (χ3v) is 3.50. The molecule has 0 radical (unpaired) electrons. The molecule has 0 fully saturated rings. The van der Waals surface area contributed by atoms with Crippen molar-refractivity contribution < 1.29 is 9.53 Å². The number of carbonyl (C=O) groups is 1. The number of hydrogen-bond acceptors (Lipinski definition) is 6. The van der Waals surface area contributed by atoms with E-state index in [4.69, 9.17) is 4.74 Å². The van der Waals surface area contributed by atoms with E-state index in [1.165, 1.54) is 7.11 Å². The molecule has 1 aromatic carbocycles. The molecule has 0 unspecified atom stereocenters. The number of rotatable bonds is 5. The van der Waals surface area contributed by atoms with Crippen molar-refractivity contribution in [1.29, 1.82) is 0 Å². The second-order valence-electron chi connectivity index (χ2n) is 5.16. The molecular weight excluding hydrogens is 306 g/mol. The van der Waals surface area contributed by atoms with Crippen LogP contribution in [0.15, 0.2) is 48.7 Å². The van der Waals surface area contributed by atoms with E-state index in [0.29, 0.717) is 23.6 Å². The first-order valence-corrected chi connectivity index (χ1v) is 7.44. The molecule has 0 aliphatic rings. The Morgan fingerprint density at radius 1 is 1.21 bits per heavy atom. The Kier molecular flexibility index (Phi) is 4.51. The topological polar surface area (TPSA) is 81.9 Å². The lowest BCUT2D eigenvalue weighted by Gasteiger charge is -2.07. The minimum Gasteiger partial charge on any atom is -0.465 e. The fourth-order valence-electron chi connectivity index (χ4n) is 2.25. The minimum atomic E-state index is -0.391. The lowest BCUT2D eigenvalue weighted by atomic mass is 10.2. The Labute approximate surface area is 139 Å². The van der Waals surface area contributed by atoms with E-state index in [-0.39, 0.29) is 0 Å². The summed E-state index contributed by atoms with van der Waals surface area (Å²) in [4.78, 5) is 15.9. The molecule has 2 aromatic heterocycles. The fourth-order valence-corrected chi connectivity index (χ4v) is 2.25. The number of hydrogen-bond donors (Lipinski definition) is 1. The van der Waals surface area contributed by atoms with Crippen LogP contribution in [0.3, 0.4) is 0 Å². The lowest BCUT2D eigenvalue weighted by Crippen LogP contribution is -2.08. The van der Waals surface area contributed by atoms with Crippen LogP contribution in [0.2, 0.25) is 0 Å². The van der Waals surface area contributed by atoms with Crippen molar-refractivity contribution in [3.8, 4) is 5.69 Å². The quantitative estimate of drug-likeness (QED) is 0.726. The summed E-state index contributed by atoms with van der Waals surface area (Å²) in [7, 11) is 1.35. The van der Waals surface area contributed by atoms with E-state index in [2.05, 4.69) is 20.6 Å². The fraction of sp³-hybridized carbons (Fsp3) is 0.176. The monoisotopic (exact) mass is 323 g/mol. The van der Waals surface area contributed by atoms with Crippen LogP contribution < -0.4 is 5.32 Å². The second kappa shape index (κ2) is 6.91. The van der Waals surface area contributed by atoms with Gasteiger partial charge in [-0.25, -0.2) is 14.5 Å². The van der Waals surface area contributed by atoms with E-state index in [1.807, 2.05) is 36.5 Å². The van der Waals surface area contributed by atoms with Crippen LogP contribution in [0.5, 0.6) is 0 Å². The van der Waals surface area contributed by atoms with Gasteiger partial charge in [0.05, 0.1) is 36.8 Å². The zero-order chi connectivity index (χ0) is 16.9. The highest BCUT2D eigenvalue weighted by atomic mass is 16.5. The van der Waals surface area contributed by atoms with Crippen LogP contribution in [-0.4, -0.2) is 33.1 Å². The number of anilines is 1. The zero-order valence-electron chi connectivity index (χ0n) is 13.4. The van der Waals surface area contributed by atoms with Gasteiger partial charge in [0.15, 0.2) is 0 Å². The summed E-state index contributed by atoms with van der Waals surface area (Å²) < 4.78 is 6.43. The number of pyridine rings is 1. The highest BCUT2D eigenvalue weighted by Crippen LogP contribution is 2.13. The number of aromatic nitrogens is 4. The number of para-hydroxylation sites is 1. The van der Waals surface area contributed by atoms with Crippen LogP contribution in [0.25, 0.3) is 5.69 Å². The number of nitrogens with one attached hydrogen (secondary N) is 1. The maximum atomic E-state index is 11.6. The lowest BCUT2D eigenvalue weighted by molar-refractivity contribution is 0.0599. The molecule has 0 spiro atoms. The van der Waals surface area contributed by atoms with Crippen molar-refractivity contribution in [2.75, 3.05) is 12.4 Å². The van der Waals surface area contributed by atoms with Gasteiger partial charge in [0.25, 0.3) is 0 Å². The van der Waals surface area contributed by atoms with Crippen LogP contribution in [-0.2, 0) is 11.3 Å². The molecule has 3 aromatic rings. The molecule has 24 heavy (non-hydrogen) atoms. The highest BCUT2D eigenvalue weighted by Gasteiger charge is 2.11. The van der Waals surface area contributed by atoms with Crippen LogP contribution in [0.1, 0.15) is 21.7 Å². The molecule has 122 valence electrons. The van der Waals surface area contributed by atoms with Gasteiger partial charge in [-0.15, -0.1) is 5.10 Å². The molecule has 0 atom stereocenters. The van der Waals surface area contributed by atoms with Gasteiger partial charge in [0, 0.05) is 0 Å². The molecule has 0 saturated heterocycles. The summed E-state index contributed by atoms with van der Waals surface area (Å²) >= 11 is 0. The van der Waals surface area contributed by atoms with Gasteiger partial charge in [-0.05, 0) is 31.2 Å². The number of methoxy groups -OCH3 is 1. The predicted octanol–water partition coefficient (Wildman–Crippen LogP) is 2.37. The largest absolute Gasteiger partial charge is 0.465 e. The minimum absolute atomic E-state index is 0.391. The highest BCUT2D eigenvalue weighted by molar-refractivity contribution is 5.90. The zero-order valence-corrected chi connectivity index (χ0v) is 13.4. The first-order valence-electron chi connectivity index (χ1n) is 7.44. The maximum absolute atomic E-state index is 11.6. The van der Waals surface area contributed by atoms with Crippen LogP contribution in [0, 0.1) is 6.92 Å². The molecule has 2 heterocycles. The molecular formula is C17H17N5O2. The summed E-state index contributed by atoms with van der Waals surface area (Å²) in [6.07, 6.45) is 1.86. The first kappa shape index (κ1) is 15.7. The normalized spacial score (nSPS) is 10.4. The molecule has 3 rings (SSSR count). The molecule has 0 amide bonds. The van der Waals surface area contributed by atoms with Crippen LogP contribution in [0.4, 0.5) is 5.82 Å². The first-order chi connectivity index (χ1) is 11.7. The molecule has 0 aliphatic heterocycles. The molecule has 7 heteroatoms. The van der Waals surface area contributed by atoms with Crippen LogP contribution >= 0.6 is 0 Å². The Morgan fingerprint density at radius 3 is 2.71 bits per heavy atom. The van der Waals surface area contributed by atoms with Gasteiger partial charge >= 0.3 is 5.97 Å². The third-order valence-electron chi connectivity index (χ3n) is 3.50. The van der Waals surface area contributed by atoms with Gasteiger partial charge in [0.2, 0.25) is 0 Å². The Bertz CT molecular complexity index is 845. The van der Waals surface area contributed by atoms with Gasteiger partial charge in [-0.2, -0.15) is 0 Å². The van der Waals surface area contributed by atoms with Gasteiger partial charge in [-0.3, -0.25) is 0 Å². The standard InChI is InChI=1S/C17H17N5O2/c1-12-15(17(23)24-2)8-9-16(19-12)18-10-13-11-22(21-20-13)14-6-4-3-5-7-14/h3-9,11H,10H2,1-2H3,(H,18,19). The number of carbonyl (C=O) groups excluding carboxylic acids is 1. The summed E-state index contributed by atoms with van der Waals surface area (Å²) in [5.41, 5.74) is 2.81. The van der Waals surface area contributed by atoms with Crippen molar-refractivity contribution in [1.82, 2.24) is 20.0 Å². The predicted molar refractivity (Wildman–Crippen MR) is 89.0 cm³/mol. The number of benzene rings is 1. The summed E-state index contributed by atoms with van der Waals surface area (Å²) in [6.45, 7) is 2.25. The molecule has 1 N–H and O–H groups in total. The summed E-state index contributed by atoms with van der Waals surface area (Å²) in [5.74, 6) is 0.270. The third kappa shape index (κ3) is 3.40. The van der Waals surface area contributed by atoms with Gasteiger partial charge in [-0.1, -0.05) is 23.4 Å². The average molecular weight is 323 g/mol. The van der Waals surface area contributed by atoms with Crippen molar-refractivity contribution in [2.45, 2.75) is 13.5 Å². The summed E-state index contributed by atoms with van der Waals surface area (Å²) in [6, 6.07) is 13.2. The molecule has 0 saturated carbocycles. The molecule has 7 nitrogen and oxygen atoms in total. The maximum Gasteiger partial charge on any atom is 0.339 e. The molecule has 0 aliphatic carbocycles. The second-order valence-corrected chi connectivity index (χ2v) is 5.16. The van der Waals surface area contributed by atoms with Gasteiger partial charge in [0.1, 0.15) is 11.5 Å². The van der Waals surface area contributed by atoms with Crippen molar-refractivity contribution in [3.63, 3.8) is 0 Å². The van der Waals surface area contributed by atoms with E-state index in [1.54, 1.807) is 23.7 Å². The van der Waals surface area contributed by atoms with Gasteiger partial charge < -0.3 is 10.1 Å². The Morgan fingerprint density at radius 2 is 2.00 bits per heavy atom. The van der Waals surface area contributed by atoms with E-state index >= 15 is 0 Å². The Hall–Kier alpha value is -3.22. The smallest absolute Gasteiger partial charge is 0.339 e. The van der Waals surface area contributed by atoms with E-state index in [9.17, 15) is 4.79 Å². The SMILES string of the molecule is COC(=O)c1ccc(NCc2cn(-c3ccccc3)nn2)nc1C. The number of aryl methyl sites for hydroxylation is 1. The number of nitrogens with zero attached hydrogens (tertiary/aromatic N) is 4. The van der Waals surface area contributed by atoms with Crippen molar-refractivity contribution in [3.05, 3.63) is 65.6 Å².